The summed E-state index contributed by atoms with van der Waals surface area (Å²) in [6.45, 7) is 10.7. The van der Waals surface area contributed by atoms with Crippen molar-refractivity contribution in [3.05, 3.63) is 64.5 Å². The van der Waals surface area contributed by atoms with Gasteiger partial charge in [-0.05, 0) is 72.1 Å². The van der Waals surface area contributed by atoms with Crippen LogP contribution in [0.15, 0.2) is 36.4 Å². The van der Waals surface area contributed by atoms with E-state index in [-0.39, 0.29) is 34.6 Å². The maximum absolute atomic E-state index is 14.2. The largest absolute Gasteiger partial charge is 0.462 e. The van der Waals surface area contributed by atoms with Gasteiger partial charge in [0.25, 0.3) is 5.91 Å². The Bertz CT molecular complexity index is 963. The van der Waals surface area contributed by atoms with Gasteiger partial charge < -0.3 is 10.1 Å². The fourth-order valence-electron chi connectivity index (χ4n) is 3.90. The van der Waals surface area contributed by atoms with Crippen LogP contribution in [0.3, 0.4) is 0 Å². The lowest BCUT2D eigenvalue weighted by atomic mass is 9.63. The number of esters is 1. The summed E-state index contributed by atoms with van der Waals surface area (Å²) in [6.07, 6.45) is 2.16. The molecule has 0 atom stereocenters. The monoisotopic (exact) mass is 397 g/mol. The first kappa shape index (κ1) is 21.0. The average molecular weight is 397 g/mol. The lowest BCUT2D eigenvalue weighted by molar-refractivity contribution is 0.0521. The van der Waals surface area contributed by atoms with Crippen LogP contribution >= 0.6 is 0 Å². The molecule has 0 unspecified atom stereocenters. The number of fused-ring (bicyclic) bond motifs is 1. The fourth-order valence-corrected chi connectivity index (χ4v) is 3.90. The van der Waals surface area contributed by atoms with Gasteiger partial charge in [-0.3, -0.25) is 4.79 Å². The maximum Gasteiger partial charge on any atom is 0.341 e. The van der Waals surface area contributed by atoms with Gasteiger partial charge in [0.15, 0.2) is 0 Å². The number of nitrogens with one attached hydrogen (secondary N) is 1. The highest BCUT2D eigenvalue weighted by Crippen LogP contribution is 2.45. The van der Waals surface area contributed by atoms with Crippen molar-refractivity contribution in [3.63, 3.8) is 0 Å². The van der Waals surface area contributed by atoms with Crippen molar-refractivity contribution in [3.8, 4) is 0 Å². The van der Waals surface area contributed by atoms with E-state index in [0.29, 0.717) is 5.56 Å². The van der Waals surface area contributed by atoms with Crippen LogP contribution in [0.5, 0.6) is 0 Å². The van der Waals surface area contributed by atoms with E-state index in [1.165, 1.54) is 23.3 Å². The van der Waals surface area contributed by atoms with E-state index in [0.717, 1.165) is 18.9 Å². The molecule has 154 valence electrons. The van der Waals surface area contributed by atoms with Crippen molar-refractivity contribution in [2.45, 2.75) is 58.3 Å². The van der Waals surface area contributed by atoms with Gasteiger partial charge in [-0.2, -0.15) is 0 Å². The molecular weight excluding hydrogens is 369 g/mol. The number of halogens is 1. The molecule has 0 aromatic heterocycles. The second-order valence-corrected chi connectivity index (χ2v) is 8.90. The third-order valence-electron chi connectivity index (χ3n) is 5.84. The standard InChI is InChI=1S/C24H28FNO3/c1-6-29-22(28)17-9-8-16(14-20(17)25)26-21(27)15-7-10-18-19(13-15)24(4,5)12-11-23(18,2)3/h7-10,13-14H,6,11-12H2,1-5H3,(H,26,27). The van der Waals surface area contributed by atoms with E-state index in [9.17, 15) is 14.0 Å². The van der Waals surface area contributed by atoms with Crippen molar-refractivity contribution in [1.82, 2.24) is 0 Å². The quantitative estimate of drug-likeness (QED) is 0.683. The van der Waals surface area contributed by atoms with Gasteiger partial charge in [0.05, 0.1) is 12.2 Å². The smallest absolute Gasteiger partial charge is 0.341 e. The number of carbonyl (C=O) groups is 2. The molecule has 0 saturated heterocycles. The zero-order valence-electron chi connectivity index (χ0n) is 17.7. The van der Waals surface area contributed by atoms with Gasteiger partial charge in [0, 0.05) is 11.3 Å². The van der Waals surface area contributed by atoms with Crippen molar-refractivity contribution in [2.24, 2.45) is 0 Å². The molecule has 0 saturated carbocycles. The van der Waals surface area contributed by atoms with Crippen LogP contribution < -0.4 is 5.32 Å². The molecule has 2 aromatic carbocycles. The molecule has 5 heteroatoms. The molecule has 1 aliphatic rings. The Labute approximate surface area is 171 Å². The van der Waals surface area contributed by atoms with Crippen LogP contribution in [0.4, 0.5) is 10.1 Å². The Morgan fingerprint density at radius 2 is 1.66 bits per heavy atom. The summed E-state index contributed by atoms with van der Waals surface area (Å²) < 4.78 is 19.1. The van der Waals surface area contributed by atoms with Crippen LogP contribution in [0.1, 0.15) is 79.3 Å². The van der Waals surface area contributed by atoms with Crippen LogP contribution in [0.2, 0.25) is 0 Å². The molecule has 0 bridgehead atoms. The summed E-state index contributed by atoms with van der Waals surface area (Å²) in [4.78, 5) is 24.5. The summed E-state index contributed by atoms with van der Waals surface area (Å²) in [7, 11) is 0. The fraction of sp³-hybridized carbons (Fsp3) is 0.417. The van der Waals surface area contributed by atoms with E-state index in [1.807, 2.05) is 18.2 Å². The van der Waals surface area contributed by atoms with Crippen LogP contribution in [-0.4, -0.2) is 18.5 Å². The Balaban J connectivity index is 1.85. The summed E-state index contributed by atoms with van der Waals surface area (Å²) in [5.41, 5.74) is 3.20. The van der Waals surface area contributed by atoms with Gasteiger partial charge in [-0.15, -0.1) is 0 Å². The minimum Gasteiger partial charge on any atom is -0.462 e. The highest BCUT2D eigenvalue weighted by Gasteiger charge is 2.37. The number of benzene rings is 2. The van der Waals surface area contributed by atoms with Crippen molar-refractivity contribution in [2.75, 3.05) is 11.9 Å². The number of amides is 1. The van der Waals surface area contributed by atoms with Gasteiger partial charge in [0.2, 0.25) is 0 Å². The summed E-state index contributed by atoms with van der Waals surface area (Å²) in [5, 5.41) is 2.72. The van der Waals surface area contributed by atoms with Crippen molar-refractivity contribution >= 4 is 17.6 Å². The molecule has 0 spiro atoms. The normalized spacial score (nSPS) is 16.6. The average Bonchev–Trinajstić information content (AvgIpc) is 2.65. The van der Waals surface area contributed by atoms with Crippen molar-refractivity contribution < 1.29 is 18.7 Å². The predicted octanol–water partition coefficient (Wildman–Crippen LogP) is 5.60. The first-order chi connectivity index (χ1) is 13.5. The van der Waals surface area contributed by atoms with Crippen LogP contribution in [0, 0.1) is 5.82 Å². The Kier molecular flexibility index (Phi) is 5.52. The van der Waals surface area contributed by atoms with E-state index in [4.69, 9.17) is 4.74 Å². The molecule has 1 amide bonds. The first-order valence-electron chi connectivity index (χ1n) is 9.98. The summed E-state index contributed by atoms with van der Waals surface area (Å²) in [6, 6.07) is 9.76. The first-order valence-corrected chi connectivity index (χ1v) is 9.98. The second kappa shape index (κ2) is 7.62. The highest BCUT2D eigenvalue weighted by molar-refractivity contribution is 6.04. The second-order valence-electron chi connectivity index (χ2n) is 8.90. The molecule has 29 heavy (non-hydrogen) atoms. The third-order valence-corrected chi connectivity index (χ3v) is 5.84. The van der Waals surface area contributed by atoms with Crippen molar-refractivity contribution in [1.29, 1.82) is 0 Å². The number of carbonyl (C=O) groups excluding carboxylic acids is 2. The number of ether oxygens (including phenoxy) is 1. The molecule has 0 radical (unpaired) electrons. The zero-order valence-corrected chi connectivity index (χ0v) is 17.7. The van der Waals surface area contributed by atoms with Gasteiger partial charge >= 0.3 is 5.97 Å². The van der Waals surface area contributed by atoms with Gasteiger partial charge in [-0.25, -0.2) is 9.18 Å². The molecule has 1 N–H and O–H groups in total. The summed E-state index contributed by atoms with van der Waals surface area (Å²) in [5.74, 6) is -1.76. The number of rotatable bonds is 4. The van der Waals surface area contributed by atoms with Crippen LogP contribution in [0.25, 0.3) is 0 Å². The third kappa shape index (κ3) is 4.19. The topological polar surface area (TPSA) is 55.4 Å². The van der Waals surface area contributed by atoms with E-state index >= 15 is 0 Å². The van der Waals surface area contributed by atoms with E-state index in [1.54, 1.807) is 6.92 Å². The molecule has 0 aliphatic heterocycles. The molecular formula is C24H28FNO3. The predicted molar refractivity (Wildman–Crippen MR) is 112 cm³/mol. The highest BCUT2D eigenvalue weighted by atomic mass is 19.1. The molecule has 3 rings (SSSR count). The molecule has 4 nitrogen and oxygen atoms in total. The SMILES string of the molecule is CCOC(=O)c1ccc(NC(=O)c2ccc3c(c2)C(C)(C)CCC3(C)C)cc1F. The van der Waals surface area contributed by atoms with Gasteiger partial charge in [0.1, 0.15) is 5.82 Å². The minimum atomic E-state index is -0.727. The number of hydrogen-bond donors (Lipinski definition) is 1. The Hall–Kier alpha value is -2.69. The maximum atomic E-state index is 14.2. The van der Waals surface area contributed by atoms with Gasteiger partial charge in [-0.1, -0.05) is 33.8 Å². The summed E-state index contributed by atoms with van der Waals surface area (Å²) >= 11 is 0. The Morgan fingerprint density at radius 3 is 2.28 bits per heavy atom. The minimum absolute atomic E-state index is 0.00542. The molecule has 0 fully saturated rings. The lowest BCUT2D eigenvalue weighted by Gasteiger charge is -2.42. The zero-order chi connectivity index (χ0) is 21.4. The van der Waals surface area contributed by atoms with E-state index in [2.05, 4.69) is 33.0 Å². The van der Waals surface area contributed by atoms with E-state index < -0.39 is 11.8 Å². The Morgan fingerprint density at radius 1 is 1.00 bits per heavy atom. The lowest BCUT2D eigenvalue weighted by Crippen LogP contribution is -2.34. The van der Waals surface area contributed by atoms with Crippen LogP contribution in [-0.2, 0) is 15.6 Å². The number of hydrogen-bond acceptors (Lipinski definition) is 3. The molecule has 1 aliphatic carbocycles. The number of anilines is 1. The molecule has 2 aromatic rings. The molecule has 0 heterocycles.